The predicted octanol–water partition coefficient (Wildman–Crippen LogP) is 2.73. The average molecular weight is 437 g/mol. The van der Waals surface area contributed by atoms with Gasteiger partial charge < -0.3 is 15.0 Å². The Labute approximate surface area is 178 Å². The van der Waals surface area contributed by atoms with E-state index in [1.807, 2.05) is 6.07 Å². The van der Waals surface area contributed by atoms with Crippen molar-refractivity contribution in [3.63, 3.8) is 0 Å². The summed E-state index contributed by atoms with van der Waals surface area (Å²) in [7, 11) is -2.43. The van der Waals surface area contributed by atoms with Crippen molar-refractivity contribution in [2.45, 2.75) is 11.3 Å². The number of hydrogen-bond donors (Lipinski definition) is 3. The van der Waals surface area contributed by atoms with Gasteiger partial charge in [-0.05, 0) is 35.9 Å². The lowest BCUT2D eigenvalue weighted by Gasteiger charge is -2.12. The van der Waals surface area contributed by atoms with Crippen molar-refractivity contribution in [2.75, 3.05) is 12.4 Å². The fraction of sp³-hybridized carbons (Fsp3) is 0.0952. The summed E-state index contributed by atoms with van der Waals surface area (Å²) in [5.74, 6) is 0.561. The number of nitrogens with zero attached hydrogens (tertiary/aromatic N) is 2. The molecule has 0 atom stereocenters. The molecule has 0 saturated heterocycles. The van der Waals surface area contributed by atoms with E-state index in [1.54, 1.807) is 42.6 Å². The van der Waals surface area contributed by atoms with Crippen molar-refractivity contribution in [3.05, 3.63) is 77.7 Å². The molecule has 0 radical (unpaired) electrons. The highest BCUT2D eigenvalue weighted by Gasteiger charge is 2.15. The number of benzene rings is 2. The zero-order valence-corrected chi connectivity index (χ0v) is 17.3. The number of aromatic nitrogens is 3. The predicted molar refractivity (Wildman–Crippen MR) is 116 cm³/mol. The molecule has 4 aromatic rings. The minimum absolute atomic E-state index is 0.0417. The van der Waals surface area contributed by atoms with Crippen molar-refractivity contribution in [1.29, 1.82) is 0 Å². The molecular formula is C21H19N5O4S. The molecule has 0 spiro atoms. The van der Waals surface area contributed by atoms with E-state index >= 15 is 0 Å². The smallest absolute Gasteiger partial charge is 0.339 e. The largest absolute Gasteiger partial charge is 0.465 e. The van der Waals surface area contributed by atoms with Gasteiger partial charge in [0.1, 0.15) is 11.3 Å². The van der Waals surface area contributed by atoms with E-state index < -0.39 is 16.0 Å². The van der Waals surface area contributed by atoms with Crippen molar-refractivity contribution in [2.24, 2.45) is 5.14 Å². The maximum absolute atomic E-state index is 12.1. The normalized spacial score (nSPS) is 11.4. The lowest BCUT2D eigenvalue weighted by Crippen LogP contribution is -2.12. The number of anilines is 2. The molecule has 158 valence electrons. The average Bonchev–Trinajstić information content (AvgIpc) is 3.22. The van der Waals surface area contributed by atoms with Crippen LogP contribution in [-0.4, -0.2) is 36.4 Å². The molecule has 0 unspecified atom stereocenters. The molecule has 2 heterocycles. The molecule has 4 N–H and O–H groups in total. The van der Waals surface area contributed by atoms with Crippen LogP contribution in [0.15, 0.2) is 65.7 Å². The molecule has 0 aliphatic heterocycles. The molecule has 0 amide bonds. The highest BCUT2D eigenvalue weighted by Crippen LogP contribution is 2.26. The van der Waals surface area contributed by atoms with E-state index in [-0.39, 0.29) is 4.90 Å². The molecule has 10 heteroatoms. The third kappa shape index (κ3) is 4.39. The first kappa shape index (κ1) is 20.5. The molecule has 31 heavy (non-hydrogen) atoms. The van der Waals surface area contributed by atoms with Gasteiger partial charge >= 0.3 is 5.97 Å². The summed E-state index contributed by atoms with van der Waals surface area (Å²) in [6, 6.07) is 15.0. The zero-order chi connectivity index (χ0) is 22.0. The first-order valence-electron chi connectivity index (χ1n) is 9.25. The van der Waals surface area contributed by atoms with Crippen LogP contribution in [0.25, 0.3) is 11.0 Å². The van der Waals surface area contributed by atoms with Gasteiger partial charge in [0, 0.05) is 12.6 Å². The van der Waals surface area contributed by atoms with Crippen LogP contribution in [0, 0.1) is 0 Å². The van der Waals surface area contributed by atoms with E-state index in [1.165, 1.54) is 19.2 Å². The van der Waals surface area contributed by atoms with Crippen molar-refractivity contribution >= 4 is 38.5 Å². The first-order valence-corrected chi connectivity index (χ1v) is 10.8. The number of carbonyl (C=O) groups excluding carboxylic acids is 1. The van der Waals surface area contributed by atoms with Crippen LogP contribution < -0.4 is 10.5 Å². The molecule has 9 nitrogen and oxygen atoms in total. The number of sulfonamides is 1. The van der Waals surface area contributed by atoms with Gasteiger partial charge in [0.25, 0.3) is 0 Å². The maximum atomic E-state index is 12.1. The molecule has 0 aliphatic rings. The number of rotatable bonds is 6. The quantitative estimate of drug-likeness (QED) is 0.394. The summed E-state index contributed by atoms with van der Waals surface area (Å²) in [6.07, 6.45) is 2.13. The Bertz CT molecular complexity index is 1360. The lowest BCUT2D eigenvalue weighted by atomic mass is 10.1. The Hall–Kier alpha value is -3.76. The number of primary sulfonamides is 1. The van der Waals surface area contributed by atoms with Crippen LogP contribution >= 0.6 is 0 Å². The van der Waals surface area contributed by atoms with Crippen molar-refractivity contribution < 1.29 is 17.9 Å². The second kappa shape index (κ2) is 8.17. The molecule has 4 rings (SSSR count). The van der Waals surface area contributed by atoms with Crippen LogP contribution in [-0.2, 0) is 21.2 Å². The number of hydrogen-bond acceptors (Lipinski definition) is 7. The minimum atomic E-state index is -3.75. The highest BCUT2D eigenvalue weighted by atomic mass is 32.2. The van der Waals surface area contributed by atoms with Crippen molar-refractivity contribution in [3.8, 4) is 0 Å². The second-order valence-corrected chi connectivity index (χ2v) is 8.32. The van der Waals surface area contributed by atoms with E-state index in [0.29, 0.717) is 40.3 Å². The van der Waals surface area contributed by atoms with Gasteiger partial charge in [-0.25, -0.2) is 28.3 Å². The fourth-order valence-corrected chi connectivity index (χ4v) is 3.67. The topological polar surface area (TPSA) is 140 Å². The number of nitrogens with two attached hydrogens (primary N) is 1. The highest BCUT2D eigenvalue weighted by molar-refractivity contribution is 7.89. The van der Waals surface area contributed by atoms with Crippen LogP contribution in [0.4, 0.5) is 11.5 Å². The summed E-state index contributed by atoms with van der Waals surface area (Å²) in [5, 5.41) is 8.34. The molecule has 0 bridgehead atoms. The lowest BCUT2D eigenvalue weighted by molar-refractivity contribution is 0.0602. The third-order valence-corrected chi connectivity index (χ3v) is 5.58. The van der Waals surface area contributed by atoms with E-state index in [9.17, 15) is 13.2 Å². The Morgan fingerprint density at radius 3 is 2.55 bits per heavy atom. The first-order chi connectivity index (χ1) is 14.8. The Balaban J connectivity index is 1.69. The second-order valence-electron chi connectivity index (χ2n) is 6.75. The van der Waals surface area contributed by atoms with E-state index in [4.69, 9.17) is 9.88 Å². The Morgan fingerprint density at radius 1 is 1.10 bits per heavy atom. The van der Waals surface area contributed by atoms with Gasteiger partial charge in [0.05, 0.1) is 28.8 Å². The number of carbonyl (C=O) groups is 1. The molecule has 0 saturated carbocycles. The number of fused-ring (bicyclic) bond motifs is 1. The van der Waals surface area contributed by atoms with Gasteiger partial charge in [-0.3, -0.25) is 0 Å². The van der Waals surface area contributed by atoms with E-state index in [0.717, 1.165) is 5.56 Å². The number of ether oxygens (including phenoxy) is 1. The number of methoxy groups -OCH3 is 1. The van der Waals surface area contributed by atoms with Crippen LogP contribution in [0.3, 0.4) is 0 Å². The van der Waals surface area contributed by atoms with E-state index in [2.05, 4.69) is 20.3 Å². The van der Waals surface area contributed by atoms with Gasteiger partial charge in [-0.1, -0.05) is 24.3 Å². The van der Waals surface area contributed by atoms with Gasteiger partial charge in [-0.15, -0.1) is 0 Å². The summed E-state index contributed by atoms with van der Waals surface area (Å²) < 4.78 is 27.7. The Morgan fingerprint density at radius 2 is 1.84 bits per heavy atom. The number of aromatic amines is 1. The monoisotopic (exact) mass is 437 g/mol. The SMILES string of the molecule is COC(=O)c1ccccc1Nc1nc(Cc2ccc(S(N)(=O)=O)cc2)nc2cc[nH]c12. The summed E-state index contributed by atoms with van der Waals surface area (Å²) >= 11 is 0. The van der Waals surface area contributed by atoms with Crippen LogP contribution in [0.1, 0.15) is 21.7 Å². The minimum Gasteiger partial charge on any atom is -0.465 e. The van der Waals surface area contributed by atoms with Crippen LogP contribution in [0.2, 0.25) is 0 Å². The number of nitrogens with one attached hydrogen (secondary N) is 2. The molecular weight excluding hydrogens is 418 g/mol. The zero-order valence-electron chi connectivity index (χ0n) is 16.5. The number of H-pyrrole nitrogens is 1. The van der Waals surface area contributed by atoms with Crippen molar-refractivity contribution in [1.82, 2.24) is 15.0 Å². The standard InChI is InChI=1S/C21H19N5O4S/c1-30-21(27)15-4-2-3-5-16(15)25-20-19-17(10-11-23-19)24-18(26-20)12-13-6-8-14(9-7-13)31(22,28)29/h2-11,23H,12H2,1H3,(H2,22,28,29)(H,24,25,26). The Kier molecular flexibility index (Phi) is 5.40. The third-order valence-electron chi connectivity index (χ3n) is 4.65. The van der Waals surface area contributed by atoms with Crippen LogP contribution in [0.5, 0.6) is 0 Å². The van der Waals surface area contributed by atoms with Gasteiger partial charge in [-0.2, -0.15) is 0 Å². The fourth-order valence-electron chi connectivity index (χ4n) is 3.15. The van der Waals surface area contributed by atoms with Gasteiger partial charge in [0.15, 0.2) is 5.82 Å². The molecule has 0 fully saturated rings. The summed E-state index contributed by atoms with van der Waals surface area (Å²) in [5.41, 5.74) is 3.14. The van der Waals surface area contributed by atoms with Gasteiger partial charge in [0.2, 0.25) is 10.0 Å². The summed E-state index contributed by atoms with van der Waals surface area (Å²) in [6.45, 7) is 0. The molecule has 2 aromatic carbocycles. The number of esters is 1. The maximum Gasteiger partial charge on any atom is 0.339 e. The molecule has 0 aliphatic carbocycles. The number of para-hydroxylation sites is 1. The summed E-state index contributed by atoms with van der Waals surface area (Å²) in [4.78, 5) is 24.4. The molecule has 2 aromatic heterocycles.